The van der Waals surface area contributed by atoms with Gasteiger partial charge in [0, 0.05) is 0 Å². The lowest BCUT2D eigenvalue weighted by molar-refractivity contribution is -0.220. The monoisotopic (exact) mass is 258 g/mol. The second-order valence-electron chi connectivity index (χ2n) is 6.63. The van der Waals surface area contributed by atoms with Gasteiger partial charge in [0.15, 0.2) is 0 Å². The zero-order chi connectivity index (χ0) is 13.7. The van der Waals surface area contributed by atoms with Gasteiger partial charge in [0.05, 0.1) is 29.1 Å². The van der Waals surface area contributed by atoms with Crippen LogP contribution in [-0.2, 0) is 14.3 Å². The summed E-state index contributed by atoms with van der Waals surface area (Å²) in [5.41, 5.74) is -1.12. The minimum Gasteiger partial charge on any atom is -0.435 e. The lowest BCUT2D eigenvalue weighted by Gasteiger charge is -2.45. The number of rotatable bonds is 1. The van der Waals surface area contributed by atoms with E-state index in [1.165, 1.54) is 0 Å². The molecule has 2 saturated heterocycles. The van der Waals surface area contributed by atoms with Crippen LogP contribution in [0.4, 0.5) is 0 Å². The molecule has 2 bridgehead atoms. The third-order valence-electron chi connectivity index (χ3n) is 3.91. The molecule has 5 nitrogen and oxygen atoms in total. The van der Waals surface area contributed by atoms with Crippen molar-refractivity contribution in [3.63, 3.8) is 0 Å². The summed E-state index contributed by atoms with van der Waals surface area (Å²) < 4.78 is 11.0. The summed E-state index contributed by atoms with van der Waals surface area (Å²) in [6.45, 7) is 7.59. The molecule has 0 amide bonds. The third-order valence-corrected chi connectivity index (χ3v) is 3.91. The number of hydrogen-bond donors (Lipinski definition) is 2. The number of fused-ring (bicyclic) bond motifs is 4. The van der Waals surface area contributed by atoms with Crippen LogP contribution >= 0.6 is 0 Å². The zero-order valence-corrected chi connectivity index (χ0v) is 11.3. The second kappa shape index (κ2) is 4.18. The summed E-state index contributed by atoms with van der Waals surface area (Å²) >= 11 is 0. The summed E-state index contributed by atoms with van der Waals surface area (Å²) in [6, 6.07) is 0. The van der Waals surface area contributed by atoms with E-state index in [-0.39, 0.29) is 11.7 Å². The highest BCUT2D eigenvalue weighted by atomic mass is 16.6. The maximum absolute atomic E-state index is 11.7. The van der Waals surface area contributed by atoms with Gasteiger partial charge in [-0.1, -0.05) is 6.92 Å². The molecular weight excluding hydrogens is 236 g/mol. The quantitative estimate of drug-likeness (QED) is 0.681. The smallest absolute Gasteiger partial charge is 0.313 e. The van der Waals surface area contributed by atoms with Crippen molar-refractivity contribution in [1.82, 2.24) is 0 Å². The van der Waals surface area contributed by atoms with Gasteiger partial charge < -0.3 is 19.7 Å². The van der Waals surface area contributed by atoms with Crippen LogP contribution in [0.25, 0.3) is 0 Å². The van der Waals surface area contributed by atoms with Crippen LogP contribution in [0, 0.1) is 11.3 Å². The maximum atomic E-state index is 11.7. The van der Waals surface area contributed by atoms with Crippen LogP contribution in [0.2, 0.25) is 0 Å². The molecule has 2 heterocycles. The molecule has 3 rings (SSSR count). The van der Waals surface area contributed by atoms with Gasteiger partial charge in [-0.25, -0.2) is 0 Å². The first kappa shape index (κ1) is 13.8. The molecule has 0 aromatic carbocycles. The van der Waals surface area contributed by atoms with Crippen molar-refractivity contribution >= 4 is 5.97 Å². The van der Waals surface area contributed by atoms with Crippen LogP contribution in [0.3, 0.4) is 0 Å². The van der Waals surface area contributed by atoms with Gasteiger partial charge in [-0.3, -0.25) is 4.79 Å². The van der Waals surface area contributed by atoms with Crippen molar-refractivity contribution in [2.24, 2.45) is 11.3 Å². The van der Waals surface area contributed by atoms with Crippen molar-refractivity contribution < 1.29 is 24.5 Å². The average Bonchev–Trinajstić information content (AvgIpc) is 2.31. The van der Waals surface area contributed by atoms with Crippen molar-refractivity contribution in [1.29, 1.82) is 0 Å². The second-order valence-corrected chi connectivity index (χ2v) is 6.63. The van der Waals surface area contributed by atoms with Gasteiger partial charge in [-0.2, -0.15) is 0 Å². The molecule has 0 radical (unpaired) electrons. The van der Waals surface area contributed by atoms with E-state index in [4.69, 9.17) is 9.47 Å². The standard InChI is InChI=1S/C13H22O5/c1-12(2,3)18-9-5-7-8(14)6-13(9,4)11(16)17-10(7)15/h7-9,11,14,16H,5-6H2,1-4H3/t7-,8+,9+,11+,13-/m1/s1. The maximum Gasteiger partial charge on any atom is 0.313 e. The van der Waals surface area contributed by atoms with Crippen LogP contribution in [-0.4, -0.2) is 40.3 Å². The number of aliphatic hydroxyl groups excluding tert-OH is 2. The highest BCUT2D eigenvalue weighted by Gasteiger charge is 2.57. The van der Waals surface area contributed by atoms with E-state index >= 15 is 0 Å². The number of carbonyl (C=O) groups is 1. The van der Waals surface area contributed by atoms with E-state index < -0.39 is 29.7 Å². The Morgan fingerprint density at radius 1 is 1.39 bits per heavy atom. The van der Waals surface area contributed by atoms with Crippen molar-refractivity contribution in [2.45, 2.75) is 64.6 Å². The molecule has 1 aliphatic carbocycles. The average molecular weight is 258 g/mol. The van der Waals surface area contributed by atoms with Crippen LogP contribution in [0.5, 0.6) is 0 Å². The molecule has 0 spiro atoms. The number of ether oxygens (including phenoxy) is 2. The Kier molecular flexibility index (Phi) is 3.20. The fourth-order valence-electron chi connectivity index (χ4n) is 2.84. The van der Waals surface area contributed by atoms with Crippen molar-refractivity contribution in [3.8, 4) is 0 Å². The molecule has 0 unspecified atom stereocenters. The summed E-state index contributed by atoms with van der Waals surface area (Å²) in [6.07, 6.45) is -1.58. The first-order chi connectivity index (χ1) is 8.13. The lowest BCUT2D eigenvalue weighted by Crippen LogP contribution is -2.52. The first-order valence-corrected chi connectivity index (χ1v) is 6.38. The molecule has 104 valence electrons. The van der Waals surface area contributed by atoms with Gasteiger partial charge >= 0.3 is 5.97 Å². The number of esters is 1. The summed E-state index contributed by atoms with van der Waals surface area (Å²) in [7, 11) is 0. The molecule has 5 heteroatoms. The molecule has 5 atom stereocenters. The molecule has 18 heavy (non-hydrogen) atoms. The Morgan fingerprint density at radius 2 is 2.00 bits per heavy atom. The van der Waals surface area contributed by atoms with Crippen molar-refractivity contribution in [3.05, 3.63) is 0 Å². The van der Waals surface area contributed by atoms with E-state index in [0.717, 1.165) is 0 Å². The normalized spacial score (nSPS) is 44.7. The van der Waals surface area contributed by atoms with Gasteiger partial charge in [-0.05, 0) is 33.6 Å². The molecule has 3 aliphatic rings. The summed E-state index contributed by atoms with van der Waals surface area (Å²) in [4.78, 5) is 11.7. The minimum atomic E-state index is -1.22. The predicted octanol–water partition coefficient (Wildman–Crippen LogP) is 0.822. The summed E-state index contributed by atoms with van der Waals surface area (Å²) in [5, 5.41) is 20.0. The van der Waals surface area contributed by atoms with E-state index in [1.807, 2.05) is 20.8 Å². The minimum absolute atomic E-state index is 0.299. The molecule has 1 saturated carbocycles. The highest BCUT2D eigenvalue weighted by molar-refractivity contribution is 5.74. The number of aliphatic hydroxyl groups is 2. The molecule has 0 aromatic rings. The van der Waals surface area contributed by atoms with E-state index in [9.17, 15) is 15.0 Å². The fraction of sp³-hybridized carbons (Fsp3) is 0.923. The van der Waals surface area contributed by atoms with Crippen LogP contribution < -0.4 is 0 Å². The topological polar surface area (TPSA) is 76.0 Å². The Bertz CT molecular complexity index is 348. The number of carbonyl (C=O) groups excluding carboxylic acids is 1. The first-order valence-electron chi connectivity index (χ1n) is 6.38. The molecule has 2 aliphatic heterocycles. The zero-order valence-electron chi connectivity index (χ0n) is 11.3. The predicted molar refractivity (Wildman–Crippen MR) is 63.6 cm³/mol. The van der Waals surface area contributed by atoms with Crippen molar-refractivity contribution in [2.75, 3.05) is 0 Å². The van der Waals surface area contributed by atoms with Gasteiger partial charge in [-0.15, -0.1) is 0 Å². The third kappa shape index (κ3) is 2.27. The van der Waals surface area contributed by atoms with Gasteiger partial charge in [0.25, 0.3) is 0 Å². The SMILES string of the molecule is CC(C)(C)O[C@H]1C[C@H]2C(=O)O[C@H](O)[C@]1(C)C[C@@H]2O. The molecule has 2 N–H and O–H groups in total. The molecular formula is C13H22O5. The highest BCUT2D eigenvalue weighted by Crippen LogP contribution is 2.48. The molecule has 0 aromatic heterocycles. The Morgan fingerprint density at radius 3 is 2.56 bits per heavy atom. The lowest BCUT2D eigenvalue weighted by atomic mass is 9.68. The van der Waals surface area contributed by atoms with Gasteiger partial charge in [0.2, 0.25) is 6.29 Å². The summed E-state index contributed by atoms with van der Waals surface area (Å²) in [5.74, 6) is -1.12. The van der Waals surface area contributed by atoms with E-state index in [0.29, 0.717) is 12.8 Å². The van der Waals surface area contributed by atoms with E-state index in [2.05, 4.69) is 0 Å². The largest absolute Gasteiger partial charge is 0.435 e. The van der Waals surface area contributed by atoms with Crippen LogP contribution in [0.15, 0.2) is 0 Å². The Balaban J connectivity index is 2.31. The Labute approximate surface area is 107 Å². The van der Waals surface area contributed by atoms with E-state index in [1.54, 1.807) is 6.92 Å². The molecule has 3 fully saturated rings. The Hall–Kier alpha value is -0.650. The number of hydrogen-bond acceptors (Lipinski definition) is 5. The fourth-order valence-corrected chi connectivity index (χ4v) is 2.84. The van der Waals surface area contributed by atoms with Crippen LogP contribution in [0.1, 0.15) is 40.5 Å². The van der Waals surface area contributed by atoms with Gasteiger partial charge in [0.1, 0.15) is 0 Å².